The highest BCUT2D eigenvalue weighted by atomic mass is 127. The lowest BCUT2D eigenvalue weighted by Gasteiger charge is -2.27. The average Bonchev–Trinajstić information content (AvgIpc) is 2.46. The Hall–Kier alpha value is -2.15. The molecular weight excluding hydrogens is 433 g/mol. The summed E-state index contributed by atoms with van der Waals surface area (Å²) < 4.78 is 39.4. The van der Waals surface area contributed by atoms with E-state index in [4.69, 9.17) is 15.2 Å². The minimum Gasteiger partial charge on any atom is -0.463 e. The van der Waals surface area contributed by atoms with Crippen LogP contribution in [-0.4, -0.2) is 12.6 Å². The number of benzene rings is 1. The Bertz CT molecular complexity index is 789. The lowest BCUT2D eigenvalue weighted by molar-refractivity contribution is -0.139. The number of ether oxygens (including phenoxy) is 2. The van der Waals surface area contributed by atoms with Crippen molar-refractivity contribution in [1.82, 2.24) is 0 Å². The molecule has 126 valence electrons. The summed E-state index contributed by atoms with van der Waals surface area (Å²) in [7, 11) is 0. The van der Waals surface area contributed by atoms with E-state index in [9.17, 15) is 18.8 Å². The number of carbonyl (C=O) groups is 1. The molecular formula is C16H13F2IN2O3. The summed E-state index contributed by atoms with van der Waals surface area (Å²) in [6.07, 6.45) is 0. The molecule has 1 unspecified atom stereocenters. The van der Waals surface area contributed by atoms with Crippen molar-refractivity contribution in [3.63, 3.8) is 0 Å². The van der Waals surface area contributed by atoms with Crippen molar-refractivity contribution < 1.29 is 23.0 Å². The molecule has 0 spiro atoms. The average molecular weight is 446 g/mol. The molecule has 0 aromatic heterocycles. The first-order valence-corrected chi connectivity index (χ1v) is 7.99. The van der Waals surface area contributed by atoms with E-state index in [0.717, 1.165) is 12.1 Å². The molecule has 2 rings (SSSR count). The Morgan fingerprint density at radius 1 is 1.46 bits per heavy atom. The summed E-state index contributed by atoms with van der Waals surface area (Å²) in [6.45, 7) is 3.07. The fraction of sp³-hybridized carbons (Fsp3) is 0.250. The molecule has 0 radical (unpaired) electrons. The smallest absolute Gasteiger partial charge is 0.338 e. The fourth-order valence-corrected chi connectivity index (χ4v) is 3.02. The van der Waals surface area contributed by atoms with Crippen LogP contribution in [0.1, 0.15) is 25.3 Å². The van der Waals surface area contributed by atoms with Gasteiger partial charge in [0, 0.05) is 9.13 Å². The number of esters is 1. The molecule has 1 atom stereocenters. The molecule has 1 aliphatic rings. The molecule has 0 aliphatic carbocycles. The maximum atomic E-state index is 14.4. The zero-order valence-corrected chi connectivity index (χ0v) is 15.0. The third-order valence-electron chi connectivity index (χ3n) is 3.43. The predicted octanol–water partition coefficient (Wildman–Crippen LogP) is 3.21. The van der Waals surface area contributed by atoms with E-state index in [1.807, 2.05) is 0 Å². The molecule has 1 aromatic rings. The van der Waals surface area contributed by atoms with E-state index in [-0.39, 0.29) is 29.4 Å². The highest BCUT2D eigenvalue weighted by molar-refractivity contribution is 14.1. The molecule has 1 aromatic carbocycles. The topological polar surface area (TPSA) is 85.3 Å². The van der Waals surface area contributed by atoms with Gasteiger partial charge in [0.1, 0.15) is 29.0 Å². The van der Waals surface area contributed by atoms with Crippen LogP contribution in [0.2, 0.25) is 0 Å². The van der Waals surface area contributed by atoms with E-state index in [2.05, 4.69) is 0 Å². The number of nitriles is 1. The van der Waals surface area contributed by atoms with Crippen molar-refractivity contribution in [2.45, 2.75) is 19.8 Å². The number of hydrogen-bond acceptors (Lipinski definition) is 5. The molecule has 1 aliphatic heterocycles. The minimum absolute atomic E-state index is 0.0345. The Morgan fingerprint density at radius 2 is 2.04 bits per heavy atom. The van der Waals surface area contributed by atoms with Gasteiger partial charge in [-0.3, -0.25) is 0 Å². The van der Waals surface area contributed by atoms with E-state index in [0.29, 0.717) is 3.57 Å². The van der Waals surface area contributed by atoms with Crippen molar-refractivity contribution in [2.24, 2.45) is 5.73 Å². The highest BCUT2D eigenvalue weighted by Gasteiger charge is 2.39. The molecule has 8 heteroatoms. The van der Waals surface area contributed by atoms with E-state index >= 15 is 0 Å². The van der Waals surface area contributed by atoms with Gasteiger partial charge in [-0.25, -0.2) is 13.6 Å². The van der Waals surface area contributed by atoms with E-state index in [1.165, 1.54) is 6.92 Å². The standard InChI is InChI=1S/C16H13F2IN2O3/c1-3-23-16(22)12-7(2)24-15(21)9(6-20)13(12)14-10(17)4-8(19)5-11(14)18/h4-5,13H,3,21H2,1-2H3. The SMILES string of the molecule is CCOC(=O)C1=C(C)OC(N)=C(C#N)C1c1c(F)cc(I)cc1F. The van der Waals surface area contributed by atoms with Crippen LogP contribution in [0.15, 0.2) is 34.9 Å². The summed E-state index contributed by atoms with van der Waals surface area (Å²) in [5.74, 6) is -4.20. The van der Waals surface area contributed by atoms with Crippen LogP contribution in [0.4, 0.5) is 8.78 Å². The van der Waals surface area contributed by atoms with Gasteiger partial charge in [0.15, 0.2) is 0 Å². The van der Waals surface area contributed by atoms with Gasteiger partial charge >= 0.3 is 5.97 Å². The van der Waals surface area contributed by atoms with Crippen LogP contribution in [0.25, 0.3) is 0 Å². The lowest BCUT2D eigenvalue weighted by atomic mass is 9.82. The van der Waals surface area contributed by atoms with Gasteiger partial charge < -0.3 is 15.2 Å². The van der Waals surface area contributed by atoms with Crippen molar-refractivity contribution in [1.29, 1.82) is 5.26 Å². The lowest BCUT2D eigenvalue weighted by Crippen LogP contribution is -2.26. The summed E-state index contributed by atoms with van der Waals surface area (Å²) in [4.78, 5) is 12.3. The third-order valence-corrected chi connectivity index (χ3v) is 4.06. The van der Waals surface area contributed by atoms with Crippen LogP contribution in [0, 0.1) is 26.5 Å². The molecule has 0 fully saturated rings. The number of halogens is 3. The molecule has 1 heterocycles. The summed E-state index contributed by atoms with van der Waals surface area (Å²) in [5.41, 5.74) is 4.83. The van der Waals surface area contributed by atoms with E-state index < -0.39 is 29.1 Å². The minimum atomic E-state index is -1.33. The zero-order chi connectivity index (χ0) is 18.0. The number of hydrogen-bond donors (Lipinski definition) is 1. The third kappa shape index (κ3) is 3.21. The zero-order valence-electron chi connectivity index (χ0n) is 12.8. The Kier molecular flexibility index (Phi) is 5.43. The molecule has 24 heavy (non-hydrogen) atoms. The normalized spacial score (nSPS) is 17.4. The summed E-state index contributed by atoms with van der Waals surface area (Å²) in [6, 6.07) is 3.99. The molecule has 0 amide bonds. The number of allylic oxidation sites excluding steroid dienone is 2. The fourth-order valence-electron chi connectivity index (χ4n) is 2.47. The van der Waals surface area contributed by atoms with Gasteiger partial charge in [0.25, 0.3) is 0 Å². The van der Waals surface area contributed by atoms with Gasteiger partial charge in [-0.1, -0.05) is 0 Å². The first-order valence-electron chi connectivity index (χ1n) is 6.91. The summed E-state index contributed by atoms with van der Waals surface area (Å²) >= 11 is 1.76. The Labute approximate surface area is 150 Å². The maximum absolute atomic E-state index is 14.4. The van der Waals surface area contributed by atoms with Crippen LogP contribution >= 0.6 is 22.6 Å². The summed E-state index contributed by atoms with van der Waals surface area (Å²) in [5, 5.41) is 9.36. The van der Waals surface area contributed by atoms with Crippen molar-refractivity contribution in [3.05, 3.63) is 55.7 Å². The molecule has 2 N–H and O–H groups in total. The van der Waals surface area contributed by atoms with Crippen molar-refractivity contribution in [2.75, 3.05) is 6.61 Å². The number of nitrogens with two attached hydrogens (primary N) is 1. The van der Waals surface area contributed by atoms with Crippen LogP contribution in [0.3, 0.4) is 0 Å². The number of rotatable bonds is 3. The molecule has 0 bridgehead atoms. The highest BCUT2D eigenvalue weighted by Crippen LogP contribution is 2.41. The maximum Gasteiger partial charge on any atom is 0.338 e. The van der Waals surface area contributed by atoms with E-state index in [1.54, 1.807) is 35.6 Å². The first kappa shape index (κ1) is 18.2. The van der Waals surface area contributed by atoms with Crippen LogP contribution in [0.5, 0.6) is 0 Å². The Morgan fingerprint density at radius 3 is 2.54 bits per heavy atom. The van der Waals surface area contributed by atoms with Gasteiger partial charge in [-0.2, -0.15) is 5.26 Å². The van der Waals surface area contributed by atoms with Gasteiger partial charge in [-0.15, -0.1) is 0 Å². The molecule has 5 nitrogen and oxygen atoms in total. The largest absolute Gasteiger partial charge is 0.463 e. The first-order chi connectivity index (χ1) is 11.3. The molecule has 0 saturated heterocycles. The second-order valence-electron chi connectivity index (χ2n) is 4.90. The van der Waals surface area contributed by atoms with Crippen molar-refractivity contribution >= 4 is 28.6 Å². The van der Waals surface area contributed by atoms with Gasteiger partial charge in [0.2, 0.25) is 5.88 Å². The second kappa shape index (κ2) is 7.17. The number of carbonyl (C=O) groups excluding carboxylic acids is 1. The molecule has 0 saturated carbocycles. The Balaban J connectivity index is 2.75. The van der Waals surface area contributed by atoms with Crippen LogP contribution in [-0.2, 0) is 14.3 Å². The monoisotopic (exact) mass is 446 g/mol. The van der Waals surface area contributed by atoms with Gasteiger partial charge in [0.05, 0.1) is 18.1 Å². The second-order valence-corrected chi connectivity index (χ2v) is 6.14. The van der Waals surface area contributed by atoms with Gasteiger partial charge in [-0.05, 0) is 48.6 Å². The van der Waals surface area contributed by atoms with Crippen LogP contribution < -0.4 is 5.73 Å². The predicted molar refractivity (Wildman–Crippen MR) is 89.1 cm³/mol. The van der Waals surface area contributed by atoms with Crippen molar-refractivity contribution in [3.8, 4) is 6.07 Å². The quantitative estimate of drug-likeness (QED) is 0.570. The number of nitrogens with zero attached hydrogens (tertiary/aromatic N) is 1.